The summed E-state index contributed by atoms with van der Waals surface area (Å²) in [5, 5.41) is 7.60. The molecule has 1 aliphatic rings. The van der Waals surface area contributed by atoms with E-state index in [9.17, 15) is 4.79 Å². The van der Waals surface area contributed by atoms with E-state index in [1.807, 2.05) is 13.8 Å². The molecule has 6 heteroatoms. The lowest BCUT2D eigenvalue weighted by atomic mass is 10.1. The number of halogens is 1. The van der Waals surface area contributed by atoms with Gasteiger partial charge in [-0.2, -0.15) is 5.10 Å². The highest BCUT2D eigenvalue weighted by molar-refractivity contribution is 9.10. The second-order valence-corrected chi connectivity index (χ2v) is 7.13. The summed E-state index contributed by atoms with van der Waals surface area (Å²) in [7, 11) is 0. The summed E-state index contributed by atoms with van der Waals surface area (Å²) >= 11 is 3.40. The Morgan fingerprint density at radius 3 is 2.67 bits per heavy atom. The van der Waals surface area contributed by atoms with E-state index in [0.717, 1.165) is 18.8 Å². The van der Waals surface area contributed by atoms with Crippen LogP contribution < -0.4 is 10.9 Å². The fraction of sp³-hybridized carbons (Fsp3) is 0.733. The van der Waals surface area contributed by atoms with Crippen molar-refractivity contribution in [1.29, 1.82) is 0 Å². The van der Waals surface area contributed by atoms with E-state index in [-0.39, 0.29) is 11.6 Å². The van der Waals surface area contributed by atoms with Crippen LogP contribution in [0.3, 0.4) is 0 Å². The maximum absolute atomic E-state index is 12.2. The van der Waals surface area contributed by atoms with Gasteiger partial charge in [0.15, 0.2) is 0 Å². The third-order valence-electron chi connectivity index (χ3n) is 4.06. The molecular formula is C15H25BrN4O. The lowest BCUT2D eigenvalue weighted by Crippen LogP contribution is -2.29. The van der Waals surface area contributed by atoms with Crippen molar-refractivity contribution in [3.8, 4) is 0 Å². The number of hydrogen-bond acceptors (Lipinski definition) is 4. The molecule has 1 unspecified atom stereocenters. The molecule has 1 aliphatic heterocycles. The zero-order valence-electron chi connectivity index (χ0n) is 13.3. The van der Waals surface area contributed by atoms with Crippen LogP contribution in [0.25, 0.3) is 0 Å². The molecular weight excluding hydrogens is 332 g/mol. The topological polar surface area (TPSA) is 50.2 Å². The average molecular weight is 357 g/mol. The molecule has 1 N–H and O–H groups in total. The molecule has 118 valence electrons. The maximum atomic E-state index is 12.2. The SMILES string of the molecule is CC(C)N1CCC(CNc2cnn(C(C)C)c(=O)c2Br)C1. The molecule has 0 aliphatic carbocycles. The molecule has 0 aromatic carbocycles. The van der Waals surface area contributed by atoms with Crippen LogP contribution in [-0.4, -0.2) is 40.4 Å². The van der Waals surface area contributed by atoms with Crippen LogP contribution in [0, 0.1) is 5.92 Å². The van der Waals surface area contributed by atoms with Gasteiger partial charge in [0.1, 0.15) is 4.47 Å². The van der Waals surface area contributed by atoms with Gasteiger partial charge in [-0.3, -0.25) is 4.79 Å². The highest BCUT2D eigenvalue weighted by Crippen LogP contribution is 2.21. The second-order valence-electron chi connectivity index (χ2n) is 6.34. The largest absolute Gasteiger partial charge is 0.382 e. The minimum Gasteiger partial charge on any atom is -0.382 e. The molecule has 5 nitrogen and oxygen atoms in total. The first kappa shape index (κ1) is 16.5. The van der Waals surface area contributed by atoms with E-state index in [0.29, 0.717) is 16.4 Å². The second kappa shape index (κ2) is 6.92. The monoisotopic (exact) mass is 356 g/mol. The van der Waals surface area contributed by atoms with Crippen molar-refractivity contribution in [2.45, 2.75) is 46.2 Å². The normalized spacial score (nSPS) is 19.7. The van der Waals surface area contributed by atoms with Crippen molar-refractivity contribution in [3.63, 3.8) is 0 Å². The summed E-state index contributed by atoms with van der Waals surface area (Å²) in [6, 6.07) is 0.677. The Morgan fingerprint density at radius 2 is 2.10 bits per heavy atom. The summed E-state index contributed by atoms with van der Waals surface area (Å²) in [6.45, 7) is 11.6. The third-order valence-corrected chi connectivity index (χ3v) is 4.83. The fourth-order valence-corrected chi connectivity index (χ4v) is 3.11. The summed E-state index contributed by atoms with van der Waals surface area (Å²) in [5.74, 6) is 0.631. The number of nitrogens with one attached hydrogen (secondary N) is 1. The van der Waals surface area contributed by atoms with E-state index in [4.69, 9.17) is 0 Å². The van der Waals surface area contributed by atoms with Gasteiger partial charge in [-0.05, 0) is 62.5 Å². The van der Waals surface area contributed by atoms with Gasteiger partial charge in [0.05, 0.1) is 17.9 Å². The van der Waals surface area contributed by atoms with E-state index >= 15 is 0 Å². The van der Waals surface area contributed by atoms with Crippen molar-refractivity contribution < 1.29 is 0 Å². The minimum atomic E-state index is -0.0785. The predicted octanol–water partition coefficient (Wildman–Crippen LogP) is 2.73. The first-order valence-electron chi connectivity index (χ1n) is 7.65. The molecule has 1 aromatic heterocycles. The number of hydrogen-bond donors (Lipinski definition) is 1. The Balaban J connectivity index is 1.99. The molecule has 1 saturated heterocycles. The minimum absolute atomic E-state index is 0.0669. The van der Waals surface area contributed by atoms with Gasteiger partial charge in [0, 0.05) is 19.1 Å². The number of aromatic nitrogens is 2. The van der Waals surface area contributed by atoms with Crippen molar-refractivity contribution in [2.75, 3.05) is 25.0 Å². The van der Waals surface area contributed by atoms with Gasteiger partial charge >= 0.3 is 0 Å². The highest BCUT2D eigenvalue weighted by Gasteiger charge is 2.24. The number of anilines is 1. The first-order chi connectivity index (χ1) is 9.90. The highest BCUT2D eigenvalue weighted by atomic mass is 79.9. The maximum Gasteiger partial charge on any atom is 0.283 e. The van der Waals surface area contributed by atoms with Gasteiger partial charge in [0.2, 0.25) is 0 Å². The van der Waals surface area contributed by atoms with Crippen LogP contribution in [-0.2, 0) is 0 Å². The molecule has 0 amide bonds. The first-order valence-corrected chi connectivity index (χ1v) is 8.44. The summed E-state index contributed by atoms with van der Waals surface area (Å²) in [6.07, 6.45) is 2.94. The van der Waals surface area contributed by atoms with Crippen molar-refractivity contribution in [3.05, 3.63) is 21.0 Å². The van der Waals surface area contributed by atoms with E-state index in [1.54, 1.807) is 6.20 Å². The molecule has 21 heavy (non-hydrogen) atoms. The summed E-state index contributed by atoms with van der Waals surface area (Å²) in [4.78, 5) is 14.7. The van der Waals surface area contributed by atoms with Crippen molar-refractivity contribution in [2.24, 2.45) is 5.92 Å². The smallest absolute Gasteiger partial charge is 0.283 e. The van der Waals surface area contributed by atoms with Gasteiger partial charge < -0.3 is 10.2 Å². The zero-order chi connectivity index (χ0) is 15.6. The molecule has 0 spiro atoms. The van der Waals surface area contributed by atoms with Gasteiger partial charge in [-0.1, -0.05) is 0 Å². The average Bonchev–Trinajstić information content (AvgIpc) is 2.89. The fourth-order valence-electron chi connectivity index (χ4n) is 2.69. The van der Waals surface area contributed by atoms with Crippen LogP contribution in [0.2, 0.25) is 0 Å². The zero-order valence-corrected chi connectivity index (χ0v) is 14.9. The molecule has 2 heterocycles. The van der Waals surface area contributed by atoms with E-state index in [1.165, 1.54) is 17.6 Å². The van der Waals surface area contributed by atoms with Crippen LogP contribution in [0.5, 0.6) is 0 Å². The van der Waals surface area contributed by atoms with Crippen LogP contribution in [0.1, 0.15) is 40.2 Å². The third kappa shape index (κ3) is 3.86. The van der Waals surface area contributed by atoms with Crippen LogP contribution in [0.4, 0.5) is 5.69 Å². The lowest BCUT2D eigenvalue weighted by molar-refractivity contribution is 0.266. The van der Waals surface area contributed by atoms with Gasteiger partial charge in [-0.15, -0.1) is 0 Å². The Labute approximate surface area is 134 Å². The Kier molecular flexibility index (Phi) is 5.43. The predicted molar refractivity (Wildman–Crippen MR) is 89.9 cm³/mol. The standard InChI is InChI=1S/C15H25BrN4O/c1-10(2)19-6-5-12(9-19)7-17-13-8-18-20(11(3)4)15(21)14(13)16/h8,10-12,17H,5-7,9H2,1-4H3. The Hall–Kier alpha value is -0.880. The Bertz CT molecular complexity index is 541. The van der Waals surface area contributed by atoms with Crippen LogP contribution >= 0.6 is 15.9 Å². The molecule has 2 rings (SSSR count). The van der Waals surface area contributed by atoms with Crippen LogP contribution in [0.15, 0.2) is 15.5 Å². The lowest BCUT2D eigenvalue weighted by Gasteiger charge is -2.20. The number of rotatable bonds is 5. The number of nitrogens with zero attached hydrogens (tertiary/aromatic N) is 3. The molecule has 1 fully saturated rings. The Morgan fingerprint density at radius 1 is 1.38 bits per heavy atom. The molecule has 0 saturated carbocycles. The molecule has 0 radical (unpaired) electrons. The van der Waals surface area contributed by atoms with Gasteiger partial charge in [-0.25, -0.2) is 4.68 Å². The van der Waals surface area contributed by atoms with E-state index in [2.05, 4.69) is 45.1 Å². The quantitative estimate of drug-likeness (QED) is 0.881. The molecule has 1 atom stereocenters. The molecule has 0 bridgehead atoms. The summed E-state index contributed by atoms with van der Waals surface area (Å²) < 4.78 is 2.07. The van der Waals surface area contributed by atoms with E-state index < -0.39 is 0 Å². The number of likely N-dealkylation sites (tertiary alicyclic amines) is 1. The molecule has 1 aromatic rings. The van der Waals surface area contributed by atoms with Crippen molar-refractivity contribution >= 4 is 21.6 Å². The summed E-state index contributed by atoms with van der Waals surface area (Å²) in [5.41, 5.74) is 0.713. The van der Waals surface area contributed by atoms with Crippen molar-refractivity contribution in [1.82, 2.24) is 14.7 Å². The van der Waals surface area contributed by atoms with Gasteiger partial charge in [0.25, 0.3) is 5.56 Å².